The van der Waals surface area contributed by atoms with Crippen LogP contribution in [-0.2, 0) is 0 Å². The van der Waals surface area contributed by atoms with Crippen LogP contribution < -0.4 is 0 Å². The molecular weight excluding hydrogens is 292 g/mol. The van der Waals surface area contributed by atoms with E-state index >= 15 is 0 Å². The van der Waals surface area contributed by atoms with E-state index in [-0.39, 0.29) is 12.5 Å². The molecule has 0 radical (unpaired) electrons. The number of thiophene rings is 1. The fourth-order valence-electron chi connectivity index (χ4n) is 2.18. The van der Waals surface area contributed by atoms with Crippen molar-refractivity contribution in [1.29, 1.82) is 0 Å². The lowest BCUT2D eigenvalue weighted by Crippen LogP contribution is -2.35. The standard InChI is InChI=1S/C14H16N2O2S2/c1-9-12(14(18)16(5-6-17)11-2-3-11)20-13(15-9)10-4-7-19-8-10/h4,7-8,11,17H,2-3,5-6H2,1H3. The quantitative estimate of drug-likeness (QED) is 0.924. The van der Waals surface area contributed by atoms with Crippen LogP contribution in [0.4, 0.5) is 0 Å². The van der Waals surface area contributed by atoms with Gasteiger partial charge in [0.25, 0.3) is 5.91 Å². The van der Waals surface area contributed by atoms with Gasteiger partial charge in [-0.25, -0.2) is 4.98 Å². The summed E-state index contributed by atoms with van der Waals surface area (Å²) in [7, 11) is 0. The predicted molar refractivity (Wildman–Crippen MR) is 81.3 cm³/mol. The highest BCUT2D eigenvalue weighted by Crippen LogP contribution is 2.33. The molecule has 2 heterocycles. The Kier molecular flexibility index (Phi) is 3.87. The van der Waals surface area contributed by atoms with Gasteiger partial charge in [-0.05, 0) is 31.2 Å². The van der Waals surface area contributed by atoms with Gasteiger partial charge < -0.3 is 10.0 Å². The van der Waals surface area contributed by atoms with Crippen LogP contribution in [0.25, 0.3) is 10.6 Å². The Labute approximate surface area is 125 Å². The lowest BCUT2D eigenvalue weighted by Gasteiger charge is -2.20. The number of hydrogen-bond donors (Lipinski definition) is 1. The zero-order valence-corrected chi connectivity index (χ0v) is 12.8. The highest BCUT2D eigenvalue weighted by Gasteiger charge is 2.34. The first-order chi connectivity index (χ1) is 9.70. The van der Waals surface area contributed by atoms with Gasteiger partial charge in [0.05, 0.1) is 12.3 Å². The molecule has 1 amide bonds. The van der Waals surface area contributed by atoms with Gasteiger partial charge in [0.2, 0.25) is 0 Å². The van der Waals surface area contributed by atoms with Gasteiger partial charge >= 0.3 is 0 Å². The van der Waals surface area contributed by atoms with Crippen LogP contribution in [0.5, 0.6) is 0 Å². The first-order valence-electron chi connectivity index (χ1n) is 6.62. The van der Waals surface area contributed by atoms with E-state index in [2.05, 4.69) is 4.98 Å². The summed E-state index contributed by atoms with van der Waals surface area (Å²) >= 11 is 3.07. The molecule has 0 bridgehead atoms. The van der Waals surface area contributed by atoms with Crippen molar-refractivity contribution in [3.63, 3.8) is 0 Å². The topological polar surface area (TPSA) is 53.4 Å². The normalized spacial score (nSPS) is 14.5. The smallest absolute Gasteiger partial charge is 0.266 e. The molecule has 1 fully saturated rings. The Bertz CT molecular complexity index is 603. The largest absolute Gasteiger partial charge is 0.395 e. The maximum Gasteiger partial charge on any atom is 0.266 e. The predicted octanol–water partition coefficient (Wildman–Crippen LogP) is 2.78. The van der Waals surface area contributed by atoms with Crippen molar-refractivity contribution >= 4 is 28.6 Å². The minimum absolute atomic E-state index is 0.0114. The number of carbonyl (C=O) groups is 1. The van der Waals surface area contributed by atoms with Gasteiger partial charge in [0.1, 0.15) is 9.88 Å². The monoisotopic (exact) mass is 308 g/mol. The molecule has 1 saturated carbocycles. The van der Waals surface area contributed by atoms with Gasteiger partial charge in [-0.1, -0.05) is 0 Å². The lowest BCUT2D eigenvalue weighted by atomic mass is 10.3. The fraction of sp³-hybridized carbons (Fsp3) is 0.429. The van der Waals surface area contributed by atoms with E-state index in [1.807, 2.05) is 23.8 Å². The number of amides is 1. The average Bonchev–Trinajstić information content (AvgIpc) is 2.98. The minimum atomic E-state index is 0.0114. The zero-order chi connectivity index (χ0) is 14.1. The maximum atomic E-state index is 12.6. The number of carbonyl (C=O) groups excluding carboxylic acids is 1. The molecule has 1 aliphatic rings. The molecule has 20 heavy (non-hydrogen) atoms. The third-order valence-electron chi connectivity index (χ3n) is 3.35. The van der Waals surface area contributed by atoms with Crippen LogP contribution in [-0.4, -0.2) is 40.1 Å². The Morgan fingerprint density at radius 1 is 1.55 bits per heavy atom. The Morgan fingerprint density at radius 2 is 2.35 bits per heavy atom. The van der Waals surface area contributed by atoms with Crippen molar-refractivity contribution in [1.82, 2.24) is 9.88 Å². The SMILES string of the molecule is Cc1nc(-c2ccsc2)sc1C(=O)N(CCO)C1CC1. The van der Waals surface area contributed by atoms with Crippen molar-refractivity contribution in [3.05, 3.63) is 27.4 Å². The summed E-state index contributed by atoms with van der Waals surface area (Å²) in [5.41, 5.74) is 1.85. The first-order valence-corrected chi connectivity index (χ1v) is 8.38. The molecule has 6 heteroatoms. The van der Waals surface area contributed by atoms with Gasteiger partial charge in [-0.15, -0.1) is 11.3 Å². The molecule has 0 saturated heterocycles. The summed E-state index contributed by atoms with van der Waals surface area (Å²) in [6.45, 7) is 2.30. The number of nitrogens with zero attached hydrogens (tertiary/aromatic N) is 2. The third-order valence-corrected chi connectivity index (χ3v) is 5.23. The molecule has 2 aromatic heterocycles. The average molecular weight is 308 g/mol. The summed E-state index contributed by atoms with van der Waals surface area (Å²) in [6.07, 6.45) is 2.09. The zero-order valence-electron chi connectivity index (χ0n) is 11.2. The van der Waals surface area contributed by atoms with Crippen molar-refractivity contribution < 1.29 is 9.90 Å². The molecule has 1 N–H and O–H groups in total. The van der Waals surface area contributed by atoms with E-state index in [4.69, 9.17) is 5.11 Å². The molecule has 0 unspecified atom stereocenters. The fourth-order valence-corrected chi connectivity index (χ4v) is 3.91. The second-order valence-corrected chi connectivity index (χ2v) is 6.68. The van der Waals surface area contributed by atoms with Gasteiger partial charge in [0.15, 0.2) is 0 Å². The Morgan fingerprint density at radius 3 is 2.95 bits per heavy atom. The molecule has 0 atom stereocenters. The van der Waals surface area contributed by atoms with Crippen LogP contribution in [0.1, 0.15) is 28.2 Å². The summed E-state index contributed by atoms with van der Waals surface area (Å²) in [6, 6.07) is 2.32. The molecule has 0 spiro atoms. The summed E-state index contributed by atoms with van der Waals surface area (Å²) < 4.78 is 0. The maximum absolute atomic E-state index is 12.6. The van der Waals surface area contributed by atoms with Crippen molar-refractivity contribution in [2.75, 3.05) is 13.2 Å². The second-order valence-electron chi connectivity index (χ2n) is 4.90. The van der Waals surface area contributed by atoms with Crippen LogP contribution in [0.2, 0.25) is 0 Å². The van der Waals surface area contributed by atoms with Gasteiger partial charge in [-0.2, -0.15) is 11.3 Å². The molecule has 2 aromatic rings. The summed E-state index contributed by atoms with van der Waals surface area (Å²) in [5.74, 6) is 0.0121. The number of aliphatic hydroxyl groups excluding tert-OH is 1. The number of thiazole rings is 1. The molecule has 4 nitrogen and oxygen atoms in total. The molecule has 3 rings (SSSR count). The van der Waals surface area contributed by atoms with Crippen molar-refractivity contribution in [2.24, 2.45) is 0 Å². The highest BCUT2D eigenvalue weighted by atomic mass is 32.1. The highest BCUT2D eigenvalue weighted by molar-refractivity contribution is 7.17. The molecule has 0 aliphatic heterocycles. The van der Waals surface area contributed by atoms with Gasteiger partial charge in [0, 0.05) is 23.5 Å². The summed E-state index contributed by atoms with van der Waals surface area (Å²) in [5, 5.41) is 14.1. The third kappa shape index (κ3) is 2.63. The van der Waals surface area contributed by atoms with Gasteiger partial charge in [-0.3, -0.25) is 4.79 Å². The number of aliphatic hydroxyl groups is 1. The van der Waals surface area contributed by atoms with E-state index in [0.29, 0.717) is 17.5 Å². The Hall–Kier alpha value is -1.24. The number of aryl methyl sites for hydroxylation is 1. The van der Waals surface area contributed by atoms with Crippen molar-refractivity contribution in [3.8, 4) is 10.6 Å². The molecule has 0 aromatic carbocycles. The number of aromatic nitrogens is 1. The van der Waals surface area contributed by atoms with E-state index in [0.717, 1.165) is 29.1 Å². The van der Waals surface area contributed by atoms with E-state index in [9.17, 15) is 4.79 Å². The number of rotatable bonds is 5. The van der Waals surface area contributed by atoms with Crippen LogP contribution in [0.15, 0.2) is 16.8 Å². The van der Waals surface area contributed by atoms with Crippen molar-refractivity contribution in [2.45, 2.75) is 25.8 Å². The van der Waals surface area contributed by atoms with Crippen LogP contribution in [0, 0.1) is 6.92 Å². The molecular formula is C14H16N2O2S2. The van der Waals surface area contributed by atoms with E-state index < -0.39 is 0 Å². The minimum Gasteiger partial charge on any atom is -0.395 e. The lowest BCUT2D eigenvalue weighted by molar-refractivity contribution is 0.0711. The summed E-state index contributed by atoms with van der Waals surface area (Å²) in [4.78, 5) is 19.6. The molecule has 1 aliphatic carbocycles. The second kappa shape index (κ2) is 5.63. The van der Waals surface area contributed by atoms with Crippen LogP contribution >= 0.6 is 22.7 Å². The number of hydrogen-bond acceptors (Lipinski definition) is 5. The molecule has 106 valence electrons. The van der Waals surface area contributed by atoms with E-state index in [1.54, 1.807) is 16.2 Å². The van der Waals surface area contributed by atoms with Crippen LogP contribution in [0.3, 0.4) is 0 Å². The first kappa shape index (κ1) is 13.7. The van der Waals surface area contributed by atoms with E-state index in [1.165, 1.54) is 11.3 Å². The Balaban J connectivity index is 1.87.